The maximum Gasteiger partial charge on any atom is 4.00 e. The molecule has 12 nitrogen and oxygen atoms in total. The molecule has 13 heteroatoms. The van der Waals surface area contributed by atoms with Gasteiger partial charge in [-0.2, -0.15) is 0 Å². The Morgan fingerprint density at radius 2 is 0.571 bits per heavy atom. The Hall–Kier alpha value is -1.59. The SMILES string of the molecule is NCC(=O)[O-].NCC(=O)[O-].NCC(=O)[O-].NCC(=O)[O-].[Mo+4]. The van der Waals surface area contributed by atoms with E-state index < -0.39 is 23.9 Å². The van der Waals surface area contributed by atoms with Crippen molar-refractivity contribution in [2.75, 3.05) is 26.2 Å². The van der Waals surface area contributed by atoms with Gasteiger partial charge in [-0.1, -0.05) is 0 Å². The van der Waals surface area contributed by atoms with E-state index in [1.54, 1.807) is 0 Å². The summed E-state index contributed by atoms with van der Waals surface area (Å²) in [5, 5.41) is 36.5. The van der Waals surface area contributed by atoms with Crippen LogP contribution in [-0.4, -0.2) is 50.1 Å². The molecule has 0 rings (SSSR count). The van der Waals surface area contributed by atoms with Crippen molar-refractivity contribution >= 4 is 23.9 Å². The molecule has 0 bridgehead atoms. The zero-order valence-corrected chi connectivity index (χ0v) is 12.8. The summed E-state index contributed by atoms with van der Waals surface area (Å²) in [6.07, 6.45) is 0. The molecule has 0 saturated carbocycles. The summed E-state index contributed by atoms with van der Waals surface area (Å²) in [5.74, 6) is -4.87. The molecular weight excluding hydrogens is 376 g/mol. The van der Waals surface area contributed by atoms with Gasteiger partial charge in [0.1, 0.15) is 0 Å². The van der Waals surface area contributed by atoms with Crippen LogP contribution in [-0.2, 0) is 40.2 Å². The predicted octanol–water partition coefficient (Wildman–Crippen LogP) is -9.22. The van der Waals surface area contributed by atoms with E-state index in [0.717, 1.165) is 0 Å². The van der Waals surface area contributed by atoms with Gasteiger partial charge in [0, 0.05) is 26.2 Å². The van der Waals surface area contributed by atoms with E-state index in [9.17, 15) is 0 Å². The molecule has 0 aliphatic carbocycles. The van der Waals surface area contributed by atoms with Crippen LogP contribution in [0.25, 0.3) is 0 Å². The van der Waals surface area contributed by atoms with Gasteiger partial charge in [-0.25, -0.2) is 0 Å². The Morgan fingerprint density at radius 3 is 0.571 bits per heavy atom. The fraction of sp³-hybridized carbons (Fsp3) is 0.500. The van der Waals surface area contributed by atoms with Gasteiger partial charge < -0.3 is 62.5 Å². The van der Waals surface area contributed by atoms with Crippen LogP contribution in [0, 0.1) is 0 Å². The first-order chi connectivity index (χ1) is 9.08. The van der Waals surface area contributed by atoms with Gasteiger partial charge in [-0.05, 0) is 0 Å². The molecule has 0 aromatic heterocycles. The summed E-state index contributed by atoms with van der Waals surface area (Å²) >= 11 is 0. The van der Waals surface area contributed by atoms with Gasteiger partial charge in [0.2, 0.25) is 0 Å². The molecule has 0 saturated heterocycles. The molecule has 0 heterocycles. The van der Waals surface area contributed by atoms with Crippen molar-refractivity contribution in [2.24, 2.45) is 22.9 Å². The summed E-state index contributed by atoms with van der Waals surface area (Å²) in [4.78, 5) is 36.5. The minimum absolute atomic E-state index is 0. The van der Waals surface area contributed by atoms with Crippen molar-refractivity contribution in [1.29, 1.82) is 0 Å². The summed E-state index contributed by atoms with van der Waals surface area (Å²) in [7, 11) is 0. The van der Waals surface area contributed by atoms with E-state index in [1.165, 1.54) is 0 Å². The van der Waals surface area contributed by atoms with Crippen molar-refractivity contribution in [1.82, 2.24) is 0 Å². The van der Waals surface area contributed by atoms with E-state index in [2.05, 4.69) is 22.9 Å². The molecule has 122 valence electrons. The molecule has 0 aromatic rings. The number of nitrogens with two attached hydrogens (primary N) is 4. The van der Waals surface area contributed by atoms with Crippen molar-refractivity contribution in [3.05, 3.63) is 0 Å². The van der Waals surface area contributed by atoms with Gasteiger partial charge in [0.25, 0.3) is 0 Å². The average Bonchev–Trinajstić information content (AvgIpc) is 2.40. The third-order valence-corrected chi connectivity index (χ3v) is 0.667. The summed E-state index contributed by atoms with van der Waals surface area (Å²) < 4.78 is 0. The molecular formula is C8H16MoN4O8. The number of hydrogen-bond acceptors (Lipinski definition) is 12. The average molecular weight is 392 g/mol. The Balaban J connectivity index is -0.0000000533. The van der Waals surface area contributed by atoms with Crippen molar-refractivity contribution < 1.29 is 60.7 Å². The van der Waals surface area contributed by atoms with E-state index >= 15 is 0 Å². The largest absolute Gasteiger partial charge is 4.00 e. The molecule has 8 N–H and O–H groups in total. The smallest absolute Gasteiger partial charge is 0.549 e. The molecule has 21 heavy (non-hydrogen) atoms. The second kappa shape index (κ2) is 26.9. The number of carbonyl (C=O) groups excluding carboxylic acids is 4. The first-order valence-electron chi connectivity index (χ1n) is 4.68. The zero-order chi connectivity index (χ0) is 17.1. The number of carboxylic acid groups (broad SMARTS) is 4. The van der Waals surface area contributed by atoms with Crippen LogP contribution in [0.4, 0.5) is 0 Å². The second-order valence-electron chi connectivity index (χ2n) is 2.30. The van der Waals surface area contributed by atoms with Gasteiger partial charge in [-0.15, -0.1) is 0 Å². The Kier molecular flexibility index (Phi) is 40.5. The van der Waals surface area contributed by atoms with Crippen molar-refractivity contribution in [2.45, 2.75) is 0 Å². The van der Waals surface area contributed by atoms with E-state index in [1.807, 2.05) is 0 Å². The number of aliphatic carboxylic acids is 4. The molecule has 0 fully saturated rings. The molecule has 0 amide bonds. The third-order valence-electron chi connectivity index (χ3n) is 0.667. The van der Waals surface area contributed by atoms with Gasteiger partial charge >= 0.3 is 21.1 Å². The molecule has 0 aliphatic heterocycles. The fourth-order valence-electron chi connectivity index (χ4n) is 0. The van der Waals surface area contributed by atoms with Crippen LogP contribution in [0.5, 0.6) is 0 Å². The van der Waals surface area contributed by atoms with Crippen LogP contribution in [0.3, 0.4) is 0 Å². The first kappa shape index (κ1) is 31.7. The van der Waals surface area contributed by atoms with E-state index in [4.69, 9.17) is 39.6 Å². The minimum Gasteiger partial charge on any atom is -0.549 e. The van der Waals surface area contributed by atoms with E-state index in [-0.39, 0.29) is 47.2 Å². The minimum atomic E-state index is -1.22. The Labute approximate surface area is 134 Å². The summed E-state index contributed by atoms with van der Waals surface area (Å²) in [6, 6.07) is 0. The number of rotatable bonds is 4. The topological polar surface area (TPSA) is 265 Å². The molecule has 0 aromatic carbocycles. The first-order valence-corrected chi connectivity index (χ1v) is 4.68. The normalized spacial score (nSPS) is 7.05. The van der Waals surface area contributed by atoms with Gasteiger partial charge in [0.15, 0.2) is 0 Å². The summed E-state index contributed by atoms with van der Waals surface area (Å²) in [5.41, 5.74) is 18.0. The maximum absolute atomic E-state index is 9.13. The Bertz CT molecular complexity index is 233. The van der Waals surface area contributed by atoms with Crippen molar-refractivity contribution in [3.8, 4) is 0 Å². The van der Waals surface area contributed by atoms with Gasteiger partial charge in [0.05, 0.1) is 23.9 Å². The molecule has 0 aliphatic rings. The van der Waals surface area contributed by atoms with Crippen LogP contribution in [0.2, 0.25) is 0 Å². The predicted molar refractivity (Wildman–Crippen MR) is 56.2 cm³/mol. The molecule has 0 radical (unpaired) electrons. The third kappa shape index (κ3) is 121. The number of hydrogen-bond donors (Lipinski definition) is 4. The monoisotopic (exact) mass is 394 g/mol. The quantitative estimate of drug-likeness (QED) is 0.325. The van der Waals surface area contributed by atoms with Crippen LogP contribution in [0.1, 0.15) is 0 Å². The molecule has 0 atom stereocenters. The molecule has 0 unspecified atom stereocenters. The molecule has 0 spiro atoms. The number of carboxylic acids is 4. The van der Waals surface area contributed by atoms with E-state index in [0.29, 0.717) is 0 Å². The Morgan fingerprint density at radius 1 is 0.524 bits per heavy atom. The van der Waals surface area contributed by atoms with Crippen LogP contribution < -0.4 is 43.4 Å². The van der Waals surface area contributed by atoms with Crippen LogP contribution >= 0.6 is 0 Å². The standard InChI is InChI=1S/4C2H5NO2.Mo/c4*3-1-2(4)5;/h4*1,3H2,(H,4,5);/q;;;;+4/p-4. The zero-order valence-electron chi connectivity index (χ0n) is 10.8. The van der Waals surface area contributed by atoms with Crippen LogP contribution in [0.15, 0.2) is 0 Å². The summed E-state index contributed by atoms with van der Waals surface area (Å²) in [6.45, 7) is -1.56. The fourth-order valence-corrected chi connectivity index (χ4v) is 0. The number of carbonyl (C=O) groups is 4. The second-order valence-corrected chi connectivity index (χ2v) is 2.30. The maximum atomic E-state index is 9.13. The van der Waals surface area contributed by atoms with Gasteiger partial charge in [-0.3, -0.25) is 0 Å². The van der Waals surface area contributed by atoms with Crippen molar-refractivity contribution in [3.63, 3.8) is 0 Å².